The molecule has 5 nitrogen and oxygen atoms in total. The molecule has 168 valence electrons. The lowest BCUT2D eigenvalue weighted by atomic mass is 9.48. The zero-order chi connectivity index (χ0) is 23.2. The van der Waals surface area contributed by atoms with Gasteiger partial charge in [0.25, 0.3) is 0 Å². The third-order valence-electron chi connectivity index (χ3n) is 6.43. The molecule has 1 saturated carbocycles. The number of hydrogen-bond donors (Lipinski definition) is 1. The summed E-state index contributed by atoms with van der Waals surface area (Å²) in [5, 5.41) is 7.20. The Morgan fingerprint density at radius 2 is 1.94 bits per heavy atom. The Hall–Kier alpha value is -2.27. The average molecular weight is 445 g/mol. The molecule has 0 radical (unpaired) electrons. The Balaban J connectivity index is 2.14. The molecule has 6 heteroatoms. The van der Waals surface area contributed by atoms with E-state index >= 15 is 0 Å². The van der Waals surface area contributed by atoms with Crippen molar-refractivity contribution < 1.29 is 14.4 Å². The van der Waals surface area contributed by atoms with E-state index in [9.17, 15) is 4.79 Å². The van der Waals surface area contributed by atoms with Crippen molar-refractivity contribution in [2.24, 2.45) is 21.9 Å². The molecular weight excluding hydrogens is 412 g/mol. The van der Waals surface area contributed by atoms with Crippen molar-refractivity contribution in [2.75, 3.05) is 12.4 Å². The predicted molar refractivity (Wildman–Crippen MR) is 127 cm³/mol. The van der Waals surface area contributed by atoms with E-state index in [1.54, 1.807) is 7.11 Å². The molecule has 2 aliphatic rings. The zero-order valence-corrected chi connectivity index (χ0v) is 20.3. The van der Waals surface area contributed by atoms with Gasteiger partial charge in [0.15, 0.2) is 0 Å². The lowest BCUT2D eigenvalue weighted by Crippen LogP contribution is -2.53. The van der Waals surface area contributed by atoms with E-state index in [0.717, 1.165) is 28.8 Å². The van der Waals surface area contributed by atoms with Gasteiger partial charge in [0.2, 0.25) is 0 Å². The highest BCUT2D eigenvalue weighted by molar-refractivity contribution is 6.27. The van der Waals surface area contributed by atoms with Gasteiger partial charge in [-0.3, -0.25) is 5.32 Å². The zero-order valence-electron chi connectivity index (χ0n) is 19.5. The second kappa shape index (κ2) is 8.01. The van der Waals surface area contributed by atoms with E-state index < -0.39 is 17.1 Å². The highest BCUT2D eigenvalue weighted by atomic mass is 35.5. The number of oxime groups is 1. The molecular formula is C25H33ClN2O3. The first-order valence-electron chi connectivity index (χ1n) is 10.6. The predicted octanol–water partition coefficient (Wildman–Crippen LogP) is 6.65. The minimum absolute atomic E-state index is 0.136. The van der Waals surface area contributed by atoms with Crippen LogP contribution in [0.5, 0.6) is 0 Å². The smallest absolute Gasteiger partial charge is 0.412 e. The van der Waals surface area contributed by atoms with Crippen LogP contribution in [0.4, 0.5) is 10.5 Å². The summed E-state index contributed by atoms with van der Waals surface area (Å²) >= 11 is 6.83. The molecule has 0 aliphatic heterocycles. The van der Waals surface area contributed by atoms with Gasteiger partial charge in [-0.25, -0.2) is 4.79 Å². The lowest BCUT2D eigenvalue weighted by molar-refractivity contribution is 0.0636. The number of halogens is 1. The Kier molecular flexibility index (Phi) is 6.05. The largest absolute Gasteiger partial charge is 0.444 e. The van der Waals surface area contributed by atoms with Crippen molar-refractivity contribution in [1.29, 1.82) is 0 Å². The van der Waals surface area contributed by atoms with Crippen LogP contribution in [0.2, 0.25) is 0 Å². The van der Waals surface area contributed by atoms with Crippen molar-refractivity contribution in [1.82, 2.24) is 0 Å². The lowest BCUT2D eigenvalue weighted by Gasteiger charge is -2.56. The van der Waals surface area contributed by atoms with Crippen LogP contribution in [0, 0.1) is 16.7 Å². The SMILES string of the molecule is C=C[C@@]1(C)/C(=N/OC)C2=C(c3ccccc3NC(=O)OC(C)(C)C)C(C)(C)[C@H]2C[C@H]1Cl. The van der Waals surface area contributed by atoms with Crippen molar-refractivity contribution in [3.8, 4) is 0 Å². The number of hydrogen-bond acceptors (Lipinski definition) is 4. The Labute approximate surface area is 190 Å². The van der Waals surface area contributed by atoms with Crippen LogP contribution in [0.1, 0.15) is 53.5 Å². The summed E-state index contributed by atoms with van der Waals surface area (Å²) in [6.45, 7) is 16.0. The number of para-hydroxylation sites is 1. The van der Waals surface area contributed by atoms with Gasteiger partial charge in [-0.2, -0.15) is 0 Å². The molecule has 1 N–H and O–H groups in total. The molecule has 1 aromatic rings. The molecule has 0 unspecified atom stereocenters. The molecule has 1 aromatic carbocycles. The number of ether oxygens (including phenoxy) is 1. The summed E-state index contributed by atoms with van der Waals surface area (Å²) in [5.74, 6) is 0.238. The van der Waals surface area contributed by atoms with Crippen LogP contribution in [0.15, 0.2) is 47.6 Å². The summed E-state index contributed by atoms with van der Waals surface area (Å²) < 4.78 is 5.47. The molecule has 0 bridgehead atoms. The van der Waals surface area contributed by atoms with E-state index in [1.165, 1.54) is 0 Å². The van der Waals surface area contributed by atoms with Gasteiger partial charge >= 0.3 is 6.09 Å². The molecule has 0 spiro atoms. The molecule has 3 rings (SSSR count). The first kappa shape index (κ1) is 23.4. The normalized spacial score (nSPS) is 28.5. The molecule has 3 atom stereocenters. The molecule has 1 amide bonds. The maximum absolute atomic E-state index is 12.5. The van der Waals surface area contributed by atoms with Crippen molar-refractivity contribution >= 4 is 34.7 Å². The molecule has 2 aliphatic carbocycles. The van der Waals surface area contributed by atoms with E-state index in [0.29, 0.717) is 5.69 Å². The number of anilines is 1. The van der Waals surface area contributed by atoms with Gasteiger partial charge in [0.05, 0.1) is 11.4 Å². The van der Waals surface area contributed by atoms with Gasteiger partial charge in [0, 0.05) is 16.4 Å². The highest BCUT2D eigenvalue weighted by Gasteiger charge is 2.58. The van der Waals surface area contributed by atoms with E-state index in [1.807, 2.05) is 58.0 Å². The topological polar surface area (TPSA) is 59.9 Å². The van der Waals surface area contributed by atoms with Crippen LogP contribution in [-0.4, -0.2) is 29.9 Å². The molecule has 0 heterocycles. The first-order chi connectivity index (χ1) is 14.4. The van der Waals surface area contributed by atoms with E-state index in [-0.39, 0.29) is 16.7 Å². The quantitative estimate of drug-likeness (QED) is 0.321. The fourth-order valence-electron chi connectivity index (χ4n) is 4.74. The third kappa shape index (κ3) is 4.00. The maximum Gasteiger partial charge on any atom is 0.412 e. The number of nitrogens with one attached hydrogen (secondary N) is 1. The molecule has 0 aromatic heterocycles. The Morgan fingerprint density at radius 1 is 1.29 bits per heavy atom. The minimum atomic E-state index is -0.579. The van der Waals surface area contributed by atoms with Gasteiger partial charge in [0.1, 0.15) is 12.7 Å². The summed E-state index contributed by atoms with van der Waals surface area (Å²) in [4.78, 5) is 17.7. The number of rotatable bonds is 4. The average Bonchev–Trinajstić information content (AvgIpc) is 2.66. The summed E-state index contributed by atoms with van der Waals surface area (Å²) in [6.07, 6.45) is 2.20. The number of fused-ring (bicyclic) bond motifs is 1. The fourth-order valence-corrected chi connectivity index (χ4v) is 5.11. The second-order valence-electron chi connectivity index (χ2n) is 10.0. The summed E-state index contributed by atoms with van der Waals surface area (Å²) in [7, 11) is 1.55. The molecule has 31 heavy (non-hydrogen) atoms. The third-order valence-corrected chi connectivity index (χ3v) is 7.06. The highest BCUT2D eigenvalue weighted by Crippen LogP contribution is 2.64. The van der Waals surface area contributed by atoms with Crippen LogP contribution >= 0.6 is 11.6 Å². The Bertz CT molecular complexity index is 958. The van der Waals surface area contributed by atoms with Crippen LogP contribution < -0.4 is 5.32 Å². The van der Waals surface area contributed by atoms with Crippen molar-refractivity contribution in [3.63, 3.8) is 0 Å². The monoisotopic (exact) mass is 444 g/mol. The first-order valence-corrected chi connectivity index (χ1v) is 11.0. The second-order valence-corrected chi connectivity index (χ2v) is 10.6. The summed E-state index contributed by atoms with van der Waals surface area (Å²) in [5.41, 5.74) is 3.49. The van der Waals surface area contributed by atoms with Gasteiger partial charge in [-0.15, -0.1) is 18.2 Å². The molecule has 1 fully saturated rings. The number of nitrogens with zero attached hydrogens (tertiary/aromatic N) is 1. The number of benzene rings is 1. The number of carbonyl (C=O) groups is 1. The van der Waals surface area contributed by atoms with E-state index in [4.69, 9.17) is 21.2 Å². The fraction of sp³-hybridized carbons (Fsp3) is 0.520. The van der Waals surface area contributed by atoms with E-state index in [2.05, 4.69) is 30.9 Å². The van der Waals surface area contributed by atoms with Gasteiger partial charge < -0.3 is 9.57 Å². The van der Waals surface area contributed by atoms with Crippen LogP contribution in [-0.2, 0) is 9.57 Å². The standard InChI is InChI=1S/C25H33ClN2O3/c1-9-25(7)18(26)14-16-19(21(25)28-30-8)20(24(16,5)6)15-12-10-11-13-17(15)27-22(29)31-23(2,3)4/h9-13,16,18H,1,14H2,2-8H3,(H,27,29)/b28-21+/t16-,18+,25+/m0/s1. The molecule has 0 saturated heterocycles. The number of alkyl halides is 1. The van der Waals surface area contributed by atoms with Crippen molar-refractivity contribution in [3.05, 3.63) is 48.1 Å². The minimum Gasteiger partial charge on any atom is -0.444 e. The number of allylic oxidation sites excluding steroid dienone is 3. The maximum atomic E-state index is 12.5. The van der Waals surface area contributed by atoms with Gasteiger partial charge in [-0.1, -0.05) is 43.3 Å². The van der Waals surface area contributed by atoms with Crippen LogP contribution in [0.25, 0.3) is 5.57 Å². The van der Waals surface area contributed by atoms with Crippen LogP contribution in [0.3, 0.4) is 0 Å². The Morgan fingerprint density at radius 3 is 2.52 bits per heavy atom. The summed E-state index contributed by atoms with van der Waals surface area (Å²) in [6, 6.07) is 7.79. The number of carbonyl (C=O) groups excluding carboxylic acids is 1. The van der Waals surface area contributed by atoms with Crippen molar-refractivity contribution in [2.45, 2.75) is 58.9 Å². The van der Waals surface area contributed by atoms with Gasteiger partial charge in [-0.05, 0) is 62.7 Å². The number of amides is 1.